The average Bonchev–Trinajstić information content (AvgIpc) is 3.13. The predicted octanol–water partition coefficient (Wildman–Crippen LogP) is 2.32. The normalized spacial score (nSPS) is 12.1. The van der Waals surface area contributed by atoms with Gasteiger partial charge in [0, 0.05) is 18.7 Å². The van der Waals surface area contributed by atoms with Crippen LogP contribution in [0.4, 0.5) is 4.79 Å². The van der Waals surface area contributed by atoms with Crippen molar-refractivity contribution in [3.63, 3.8) is 0 Å². The van der Waals surface area contributed by atoms with Crippen molar-refractivity contribution in [1.82, 2.24) is 15.8 Å². The van der Waals surface area contributed by atoms with Gasteiger partial charge in [-0.3, -0.25) is 0 Å². The third-order valence-corrected chi connectivity index (χ3v) is 4.16. The lowest BCUT2D eigenvalue weighted by atomic mass is 10.1. The monoisotopic (exact) mass is 323 g/mol. The molecular formula is C15H21N3O3S. The van der Waals surface area contributed by atoms with Crippen molar-refractivity contribution in [2.24, 2.45) is 0 Å². The highest BCUT2D eigenvalue weighted by atomic mass is 32.1. The second-order valence-electron chi connectivity index (χ2n) is 5.12. The zero-order valence-electron chi connectivity index (χ0n) is 12.8. The highest BCUT2D eigenvalue weighted by Crippen LogP contribution is 2.15. The second kappa shape index (κ2) is 7.95. The van der Waals surface area contributed by atoms with E-state index in [0.717, 1.165) is 35.4 Å². The number of aryl methyl sites for hydroxylation is 2. The molecule has 0 fully saturated rings. The number of thiophene rings is 1. The molecule has 0 aliphatic carbocycles. The number of hydrogen-bond acceptors (Lipinski definition) is 5. The Kier molecular flexibility index (Phi) is 5.97. The second-order valence-corrected chi connectivity index (χ2v) is 5.90. The molecule has 1 unspecified atom stereocenters. The van der Waals surface area contributed by atoms with E-state index in [1.54, 1.807) is 0 Å². The predicted molar refractivity (Wildman–Crippen MR) is 85.0 cm³/mol. The average molecular weight is 323 g/mol. The van der Waals surface area contributed by atoms with Crippen LogP contribution in [0.25, 0.3) is 0 Å². The minimum absolute atomic E-state index is 0.201. The molecule has 22 heavy (non-hydrogen) atoms. The first-order chi connectivity index (χ1) is 10.6. The Balaban J connectivity index is 1.62. The van der Waals surface area contributed by atoms with Gasteiger partial charge in [-0.15, -0.1) is 0 Å². The Hall–Kier alpha value is -1.86. The molecule has 2 amide bonds. The first-order valence-corrected chi connectivity index (χ1v) is 8.16. The van der Waals surface area contributed by atoms with Crippen LogP contribution in [-0.4, -0.2) is 29.4 Å². The summed E-state index contributed by atoms with van der Waals surface area (Å²) in [5.74, 6) is 0.834. The van der Waals surface area contributed by atoms with Crippen LogP contribution in [-0.2, 0) is 6.42 Å². The molecule has 6 nitrogen and oxygen atoms in total. The van der Waals surface area contributed by atoms with Crippen molar-refractivity contribution in [3.8, 4) is 0 Å². The fourth-order valence-corrected chi connectivity index (χ4v) is 2.87. The fourth-order valence-electron chi connectivity index (χ4n) is 2.16. The lowest BCUT2D eigenvalue weighted by Gasteiger charge is -2.11. The van der Waals surface area contributed by atoms with Crippen molar-refractivity contribution in [1.29, 1.82) is 0 Å². The molecule has 2 aromatic rings. The zero-order chi connectivity index (χ0) is 15.9. The SMILES string of the molecule is Cc1noc(C)c1CCCNC(=O)NCC(O)c1ccsc1. The number of carbonyl (C=O) groups excluding carboxylic acids is 1. The number of aromatic nitrogens is 1. The quantitative estimate of drug-likeness (QED) is 0.682. The number of carbonyl (C=O) groups is 1. The van der Waals surface area contributed by atoms with Gasteiger partial charge in [0.2, 0.25) is 0 Å². The van der Waals surface area contributed by atoms with Crippen LogP contribution in [0.15, 0.2) is 21.3 Å². The molecule has 120 valence electrons. The van der Waals surface area contributed by atoms with Gasteiger partial charge < -0.3 is 20.3 Å². The molecule has 7 heteroatoms. The zero-order valence-corrected chi connectivity index (χ0v) is 13.6. The molecule has 2 heterocycles. The van der Waals surface area contributed by atoms with E-state index < -0.39 is 6.10 Å². The minimum Gasteiger partial charge on any atom is -0.387 e. The summed E-state index contributed by atoms with van der Waals surface area (Å²) in [6.07, 6.45) is 0.960. The molecule has 1 atom stereocenters. The summed E-state index contributed by atoms with van der Waals surface area (Å²) >= 11 is 1.52. The highest BCUT2D eigenvalue weighted by molar-refractivity contribution is 7.07. The van der Waals surface area contributed by atoms with Crippen LogP contribution < -0.4 is 10.6 Å². The summed E-state index contributed by atoms with van der Waals surface area (Å²) < 4.78 is 5.10. The third-order valence-electron chi connectivity index (χ3n) is 3.45. The molecule has 0 saturated carbocycles. The van der Waals surface area contributed by atoms with E-state index in [9.17, 15) is 9.90 Å². The summed E-state index contributed by atoms with van der Waals surface area (Å²) in [4.78, 5) is 11.7. The molecule has 0 aliphatic heterocycles. The van der Waals surface area contributed by atoms with Gasteiger partial charge in [-0.2, -0.15) is 11.3 Å². The Bertz CT molecular complexity index is 576. The van der Waals surface area contributed by atoms with Crippen molar-refractivity contribution < 1.29 is 14.4 Å². The van der Waals surface area contributed by atoms with E-state index in [4.69, 9.17) is 4.52 Å². The van der Waals surface area contributed by atoms with E-state index in [1.165, 1.54) is 11.3 Å². The van der Waals surface area contributed by atoms with Crippen LogP contribution in [0.2, 0.25) is 0 Å². The fraction of sp³-hybridized carbons (Fsp3) is 0.467. The van der Waals surface area contributed by atoms with Gasteiger partial charge in [0.1, 0.15) is 5.76 Å². The van der Waals surface area contributed by atoms with E-state index in [1.807, 2.05) is 30.7 Å². The molecule has 0 aliphatic rings. The lowest BCUT2D eigenvalue weighted by molar-refractivity contribution is 0.173. The Labute approximate surface area is 133 Å². The lowest BCUT2D eigenvalue weighted by Crippen LogP contribution is -2.38. The number of urea groups is 1. The summed E-state index contributed by atoms with van der Waals surface area (Å²) in [7, 11) is 0. The molecule has 0 aromatic carbocycles. The summed E-state index contributed by atoms with van der Waals surface area (Å²) in [5.41, 5.74) is 2.83. The maximum absolute atomic E-state index is 11.7. The molecule has 2 aromatic heterocycles. The number of hydrogen-bond donors (Lipinski definition) is 3. The van der Waals surface area contributed by atoms with Crippen LogP contribution >= 0.6 is 11.3 Å². The van der Waals surface area contributed by atoms with Crippen LogP contribution in [0.1, 0.15) is 35.1 Å². The maximum atomic E-state index is 11.7. The number of aliphatic hydroxyl groups is 1. The number of rotatable bonds is 7. The van der Waals surface area contributed by atoms with E-state index in [0.29, 0.717) is 6.54 Å². The van der Waals surface area contributed by atoms with Gasteiger partial charge in [-0.05, 0) is 49.1 Å². The molecule has 0 bridgehead atoms. The van der Waals surface area contributed by atoms with Crippen molar-refractivity contribution in [2.75, 3.05) is 13.1 Å². The first kappa shape index (κ1) is 16.5. The van der Waals surface area contributed by atoms with E-state index in [-0.39, 0.29) is 12.6 Å². The minimum atomic E-state index is -0.667. The Morgan fingerprint density at radius 1 is 1.45 bits per heavy atom. The maximum Gasteiger partial charge on any atom is 0.314 e. The Morgan fingerprint density at radius 2 is 2.27 bits per heavy atom. The van der Waals surface area contributed by atoms with Gasteiger partial charge in [0.15, 0.2) is 0 Å². The van der Waals surface area contributed by atoms with Crippen LogP contribution in [0.5, 0.6) is 0 Å². The number of nitrogens with one attached hydrogen (secondary N) is 2. The summed E-state index contributed by atoms with van der Waals surface area (Å²) in [6, 6.07) is 1.58. The Morgan fingerprint density at radius 3 is 2.91 bits per heavy atom. The van der Waals surface area contributed by atoms with Crippen molar-refractivity contribution >= 4 is 17.4 Å². The standard InChI is InChI=1S/C15H21N3O3S/c1-10-13(11(2)21-18-10)4-3-6-16-15(20)17-8-14(19)12-5-7-22-9-12/h5,7,9,14,19H,3-4,6,8H2,1-2H3,(H2,16,17,20). The van der Waals surface area contributed by atoms with Gasteiger partial charge in [-0.25, -0.2) is 4.79 Å². The van der Waals surface area contributed by atoms with E-state index in [2.05, 4.69) is 15.8 Å². The van der Waals surface area contributed by atoms with Gasteiger partial charge in [-0.1, -0.05) is 5.16 Å². The first-order valence-electron chi connectivity index (χ1n) is 7.21. The largest absolute Gasteiger partial charge is 0.387 e. The third kappa shape index (κ3) is 4.57. The van der Waals surface area contributed by atoms with Gasteiger partial charge >= 0.3 is 6.03 Å². The summed E-state index contributed by atoms with van der Waals surface area (Å²) in [5, 5.41) is 23.0. The molecule has 2 rings (SSSR count). The number of aliphatic hydroxyl groups excluding tert-OH is 1. The number of nitrogens with zero attached hydrogens (tertiary/aromatic N) is 1. The number of amides is 2. The van der Waals surface area contributed by atoms with E-state index >= 15 is 0 Å². The molecular weight excluding hydrogens is 302 g/mol. The molecule has 0 saturated heterocycles. The van der Waals surface area contributed by atoms with Crippen LogP contribution in [0.3, 0.4) is 0 Å². The molecule has 0 spiro atoms. The van der Waals surface area contributed by atoms with Gasteiger partial charge in [0.05, 0.1) is 11.8 Å². The van der Waals surface area contributed by atoms with Crippen molar-refractivity contribution in [2.45, 2.75) is 32.8 Å². The van der Waals surface area contributed by atoms with Crippen LogP contribution in [0, 0.1) is 13.8 Å². The smallest absolute Gasteiger partial charge is 0.314 e. The topological polar surface area (TPSA) is 87.4 Å². The molecule has 3 N–H and O–H groups in total. The summed E-state index contributed by atoms with van der Waals surface area (Å²) in [6.45, 7) is 4.57. The van der Waals surface area contributed by atoms with Gasteiger partial charge in [0.25, 0.3) is 0 Å². The highest BCUT2D eigenvalue weighted by Gasteiger charge is 2.10. The van der Waals surface area contributed by atoms with Crippen molar-refractivity contribution in [3.05, 3.63) is 39.4 Å². The molecule has 0 radical (unpaired) electrons.